The molecule has 0 unspecified atom stereocenters. The van der Waals surface area contributed by atoms with Crippen LogP contribution in [0.25, 0.3) is 0 Å². The number of benzene rings is 2. The lowest BCUT2D eigenvalue weighted by Gasteiger charge is -2.11. The van der Waals surface area contributed by atoms with E-state index in [-0.39, 0.29) is 4.90 Å². The third-order valence-corrected chi connectivity index (χ3v) is 4.87. The van der Waals surface area contributed by atoms with E-state index in [1.165, 1.54) is 0 Å². The Morgan fingerprint density at radius 1 is 1.14 bits per heavy atom. The van der Waals surface area contributed by atoms with Crippen LogP contribution in [0.5, 0.6) is 5.75 Å². The van der Waals surface area contributed by atoms with Gasteiger partial charge in [-0.3, -0.25) is 4.72 Å². The predicted octanol–water partition coefficient (Wildman–Crippen LogP) is 3.96. The first-order valence-electron chi connectivity index (χ1n) is 6.44. The van der Waals surface area contributed by atoms with Crippen LogP contribution in [-0.2, 0) is 10.0 Å². The number of hydrogen-bond donors (Lipinski definition) is 1. The van der Waals surface area contributed by atoms with Crippen LogP contribution < -0.4 is 9.46 Å². The molecule has 0 spiro atoms. The van der Waals surface area contributed by atoms with E-state index in [4.69, 9.17) is 4.74 Å². The molecule has 0 aliphatic carbocycles. The van der Waals surface area contributed by atoms with Crippen molar-refractivity contribution in [2.24, 2.45) is 0 Å². The van der Waals surface area contributed by atoms with Crippen LogP contribution >= 0.6 is 15.9 Å². The van der Waals surface area contributed by atoms with Crippen molar-refractivity contribution in [1.29, 1.82) is 0 Å². The normalized spacial score (nSPS) is 11.2. The average molecular weight is 370 g/mol. The van der Waals surface area contributed by atoms with Gasteiger partial charge in [-0.1, -0.05) is 17.7 Å². The molecule has 0 aliphatic heterocycles. The third-order valence-electron chi connectivity index (χ3n) is 2.81. The molecule has 0 aromatic heterocycles. The van der Waals surface area contributed by atoms with Gasteiger partial charge < -0.3 is 4.74 Å². The Morgan fingerprint density at radius 2 is 1.81 bits per heavy atom. The van der Waals surface area contributed by atoms with Gasteiger partial charge in [-0.15, -0.1) is 0 Å². The van der Waals surface area contributed by atoms with Crippen molar-refractivity contribution in [1.82, 2.24) is 0 Å². The molecule has 0 atom stereocenters. The summed E-state index contributed by atoms with van der Waals surface area (Å²) in [5.41, 5.74) is 1.47. The molecular weight excluding hydrogens is 354 g/mol. The Kier molecular flexibility index (Phi) is 4.90. The highest BCUT2D eigenvalue weighted by Gasteiger charge is 2.14. The van der Waals surface area contributed by atoms with Gasteiger partial charge in [-0.2, -0.15) is 0 Å². The van der Waals surface area contributed by atoms with Crippen LogP contribution in [0.15, 0.2) is 51.8 Å². The highest BCUT2D eigenvalue weighted by Crippen LogP contribution is 2.29. The maximum Gasteiger partial charge on any atom is 0.261 e. The Morgan fingerprint density at radius 3 is 2.43 bits per heavy atom. The average Bonchev–Trinajstić information content (AvgIpc) is 2.43. The standard InChI is InChI=1S/C15H16BrNO3S/c1-3-20-15-10-12(6-9-14(15)16)17-21(18,19)13-7-4-11(2)5-8-13/h4-10,17H,3H2,1-2H3. The molecule has 0 heterocycles. The van der Waals surface area contributed by atoms with E-state index >= 15 is 0 Å². The molecule has 0 saturated heterocycles. The summed E-state index contributed by atoms with van der Waals surface area (Å²) in [6.45, 7) is 4.29. The molecule has 6 heteroatoms. The minimum atomic E-state index is -3.60. The van der Waals surface area contributed by atoms with Crippen LogP contribution in [0.2, 0.25) is 0 Å². The van der Waals surface area contributed by atoms with Crippen LogP contribution in [-0.4, -0.2) is 15.0 Å². The van der Waals surface area contributed by atoms with Gasteiger partial charge in [-0.25, -0.2) is 8.42 Å². The van der Waals surface area contributed by atoms with Crippen LogP contribution in [0.3, 0.4) is 0 Å². The van der Waals surface area contributed by atoms with Crippen molar-refractivity contribution >= 4 is 31.6 Å². The topological polar surface area (TPSA) is 55.4 Å². The Hall–Kier alpha value is -1.53. The Labute approximate surface area is 133 Å². The first kappa shape index (κ1) is 15.9. The number of hydrogen-bond acceptors (Lipinski definition) is 3. The summed E-state index contributed by atoms with van der Waals surface area (Å²) in [5, 5.41) is 0. The SMILES string of the molecule is CCOc1cc(NS(=O)(=O)c2ccc(C)cc2)ccc1Br. The molecular formula is C15H16BrNO3S. The number of aryl methyl sites for hydroxylation is 1. The summed E-state index contributed by atoms with van der Waals surface area (Å²) in [5.74, 6) is 0.599. The molecule has 2 rings (SSSR count). The second kappa shape index (κ2) is 6.49. The van der Waals surface area contributed by atoms with Crippen molar-refractivity contribution < 1.29 is 13.2 Å². The van der Waals surface area contributed by atoms with E-state index in [0.29, 0.717) is 18.0 Å². The first-order chi connectivity index (χ1) is 9.92. The highest BCUT2D eigenvalue weighted by molar-refractivity contribution is 9.10. The summed E-state index contributed by atoms with van der Waals surface area (Å²) in [4.78, 5) is 0.231. The maximum absolute atomic E-state index is 12.3. The summed E-state index contributed by atoms with van der Waals surface area (Å²) in [6.07, 6.45) is 0. The van der Waals surface area contributed by atoms with Crippen LogP contribution in [0.1, 0.15) is 12.5 Å². The zero-order valence-electron chi connectivity index (χ0n) is 11.8. The minimum absolute atomic E-state index is 0.231. The maximum atomic E-state index is 12.3. The monoisotopic (exact) mass is 369 g/mol. The second-order valence-corrected chi connectivity index (χ2v) is 7.03. The molecule has 0 amide bonds. The molecule has 0 radical (unpaired) electrons. The lowest BCUT2D eigenvalue weighted by atomic mass is 10.2. The van der Waals surface area contributed by atoms with E-state index in [1.807, 2.05) is 13.8 Å². The van der Waals surface area contributed by atoms with Crippen molar-refractivity contribution in [2.75, 3.05) is 11.3 Å². The van der Waals surface area contributed by atoms with Gasteiger partial charge in [0.15, 0.2) is 0 Å². The van der Waals surface area contributed by atoms with E-state index in [1.54, 1.807) is 42.5 Å². The van der Waals surface area contributed by atoms with E-state index in [2.05, 4.69) is 20.7 Å². The van der Waals surface area contributed by atoms with Crippen molar-refractivity contribution in [2.45, 2.75) is 18.7 Å². The molecule has 21 heavy (non-hydrogen) atoms. The molecule has 0 bridgehead atoms. The number of rotatable bonds is 5. The molecule has 0 fully saturated rings. The number of anilines is 1. The zero-order valence-corrected chi connectivity index (χ0v) is 14.2. The summed E-state index contributed by atoms with van der Waals surface area (Å²) in [7, 11) is -3.60. The second-order valence-electron chi connectivity index (χ2n) is 4.50. The zero-order chi connectivity index (χ0) is 15.5. The summed E-state index contributed by atoms with van der Waals surface area (Å²) >= 11 is 3.36. The highest BCUT2D eigenvalue weighted by atomic mass is 79.9. The molecule has 0 aliphatic rings. The predicted molar refractivity (Wildman–Crippen MR) is 87.3 cm³/mol. The van der Waals surface area contributed by atoms with Gasteiger partial charge in [0.2, 0.25) is 0 Å². The fourth-order valence-electron chi connectivity index (χ4n) is 1.76. The molecule has 1 N–H and O–H groups in total. The van der Waals surface area contributed by atoms with Crippen LogP contribution in [0.4, 0.5) is 5.69 Å². The lowest BCUT2D eigenvalue weighted by molar-refractivity contribution is 0.338. The van der Waals surface area contributed by atoms with Gasteiger partial charge in [0.05, 0.1) is 21.7 Å². The number of sulfonamides is 1. The van der Waals surface area contributed by atoms with E-state index < -0.39 is 10.0 Å². The first-order valence-corrected chi connectivity index (χ1v) is 8.72. The van der Waals surface area contributed by atoms with Gasteiger partial charge in [0, 0.05) is 6.07 Å². The third kappa shape index (κ3) is 3.98. The van der Waals surface area contributed by atoms with Gasteiger partial charge >= 0.3 is 0 Å². The molecule has 0 saturated carbocycles. The largest absolute Gasteiger partial charge is 0.493 e. The molecule has 2 aromatic rings. The molecule has 4 nitrogen and oxygen atoms in total. The van der Waals surface area contributed by atoms with E-state index in [0.717, 1.165) is 10.0 Å². The Bertz CT molecular complexity index is 727. The molecule has 2 aromatic carbocycles. The smallest absolute Gasteiger partial charge is 0.261 e. The number of halogens is 1. The Balaban J connectivity index is 2.28. The summed E-state index contributed by atoms with van der Waals surface area (Å²) in [6, 6.07) is 11.8. The minimum Gasteiger partial charge on any atom is -0.493 e. The lowest BCUT2D eigenvalue weighted by Crippen LogP contribution is -2.13. The van der Waals surface area contributed by atoms with Gasteiger partial charge in [0.25, 0.3) is 10.0 Å². The summed E-state index contributed by atoms with van der Waals surface area (Å²) < 4.78 is 33.4. The number of nitrogens with one attached hydrogen (secondary N) is 1. The quantitative estimate of drug-likeness (QED) is 0.867. The van der Waals surface area contributed by atoms with Crippen molar-refractivity contribution in [3.05, 3.63) is 52.5 Å². The fraction of sp³-hybridized carbons (Fsp3) is 0.200. The van der Waals surface area contributed by atoms with Crippen LogP contribution in [0, 0.1) is 6.92 Å². The van der Waals surface area contributed by atoms with E-state index in [9.17, 15) is 8.42 Å². The van der Waals surface area contributed by atoms with Crippen molar-refractivity contribution in [3.8, 4) is 5.75 Å². The fourth-order valence-corrected chi connectivity index (χ4v) is 3.18. The van der Waals surface area contributed by atoms with Crippen molar-refractivity contribution in [3.63, 3.8) is 0 Å². The molecule has 112 valence electrons. The van der Waals surface area contributed by atoms with Gasteiger partial charge in [-0.05, 0) is 54.0 Å². The van der Waals surface area contributed by atoms with Gasteiger partial charge in [0.1, 0.15) is 5.75 Å². The number of ether oxygens (including phenoxy) is 1.